The number of amides is 1. The van der Waals surface area contributed by atoms with Crippen molar-refractivity contribution in [3.8, 4) is 0 Å². The van der Waals surface area contributed by atoms with Gasteiger partial charge in [0.05, 0.1) is 11.5 Å². The zero-order chi connectivity index (χ0) is 15.1. The van der Waals surface area contributed by atoms with Gasteiger partial charge in [-0.1, -0.05) is 0 Å². The van der Waals surface area contributed by atoms with Gasteiger partial charge in [-0.3, -0.25) is 14.9 Å². The van der Waals surface area contributed by atoms with Crippen LogP contribution in [-0.2, 0) is 4.79 Å². The maximum Gasteiger partial charge on any atom is 0.273 e. The minimum atomic E-state index is -0.452. The van der Waals surface area contributed by atoms with Crippen molar-refractivity contribution in [3.63, 3.8) is 0 Å². The Labute approximate surface area is 118 Å². The first kappa shape index (κ1) is 15.7. The molecule has 0 unspecified atom stereocenters. The Kier molecular flexibility index (Phi) is 5.76. The van der Waals surface area contributed by atoms with Crippen LogP contribution in [0.2, 0.25) is 0 Å². The van der Waals surface area contributed by atoms with Gasteiger partial charge in [-0.2, -0.15) is 0 Å². The van der Waals surface area contributed by atoms with Crippen LogP contribution < -0.4 is 10.6 Å². The van der Waals surface area contributed by atoms with E-state index in [1.165, 1.54) is 12.1 Å². The number of likely N-dealkylation sites (N-methyl/N-ethyl adjacent to an activating group) is 1. The van der Waals surface area contributed by atoms with E-state index in [1.54, 1.807) is 18.0 Å². The van der Waals surface area contributed by atoms with Gasteiger partial charge in [0, 0.05) is 43.6 Å². The van der Waals surface area contributed by atoms with E-state index in [0.29, 0.717) is 24.5 Å². The van der Waals surface area contributed by atoms with Crippen molar-refractivity contribution in [1.82, 2.24) is 4.90 Å². The van der Waals surface area contributed by atoms with Crippen LogP contribution in [0.1, 0.15) is 13.8 Å². The van der Waals surface area contributed by atoms with Crippen molar-refractivity contribution in [1.29, 1.82) is 0 Å². The fourth-order valence-electron chi connectivity index (χ4n) is 1.61. The van der Waals surface area contributed by atoms with Gasteiger partial charge in [0.25, 0.3) is 5.69 Å². The Morgan fingerprint density at radius 2 is 1.85 bits per heavy atom. The molecular weight excluding hydrogens is 260 g/mol. The van der Waals surface area contributed by atoms with E-state index < -0.39 is 4.92 Å². The maximum atomic E-state index is 11.7. The van der Waals surface area contributed by atoms with Gasteiger partial charge in [0.2, 0.25) is 5.91 Å². The Balaban J connectivity index is 2.83. The second kappa shape index (κ2) is 7.32. The molecule has 0 aliphatic rings. The Bertz CT molecular complexity index is 491. The average Bonchev–Trinajstić information content (AvgIpc) is 2.43. The molecule has 1 rings (SSSR count). The molecule has 0 atom stereocenters. The summed E-state index contributed by atoms with van der Waals surface area (Å²) in [6, 6.07) is 4.63. The smallest absolute Gasteiger partial charge is 0.273 e. The number of nitro benzene ring substituents is 1. The van der Waals surface area contributed by atoms with Gasteiger partial charge in [0.1, 0.15) is 0 Å². The molecule has 7 nitrogen and oxygen atoms in total. The van der Waals surface area contributed by atoms with Gasteiger partial charge in [0.15, 0.2) is 0 Å². The average molecular weight is 280 g/mol. The molecule has 0 aromatic heterocycles. The van der Waals surface area contributed by atoms with E-state index in [9.17, 15) is 14.9 Å². The first-order valence-corrected chi connectivity index (χ1v) is 6.49. The normalized spacial score (nSPS) is 9.95. The van der Waals surface area contributed by atoms with Gasteiger partial charge in [-0.15, -0.1) is 0 Å². The first-order valence-electron chi connectivity index (χ1n) is 6.49. The zero-order valence-corrected chi connectivity index (χ0v) is 12.0. The Morgan fingerprint density at radius 3 is 2.35 bits per heavy atom. The van der Waals surface area contributed by atoms with E-state index >= 15 is 0 Å². The molecule has 0 aliphatic carbocycles. The number of carbonyl (C=O) groups is 1. The molecule has 0 fully saturated rings. The molecule has 1 aromatic carbocycles. The third kappa shape index (κ3) is 4.42. The van der Waals surface area contributed by atoms with E-state index in [4.69, 9.17) is 0 Å². The first-order chi connectivity index (χ1) is 9.47. The predicted molar refractivity (Wildman–Crippen MR) is 79.1 cm³/mol. The number of hydrogen-bond donors (Lipinski definition) is 2. The number of hydrogen-bond acceptors (Lipinski definition) is 5. The largest absolute Gasteiger partial charge is 0.385 e. The number of nitrogens with one attached hydrogen (secondary N) is 2. The summed E-state index contributed by atoms with van der Waals surface area (Å²) in [6.07, 6.45) is 0. The molecule has 0 radical (unpaired) electrons. The number of benzene rings is 1. The molecule has 0 bridgehead atoms. The number of rotatable bonds is 7. The second-order valence-electron chi connectivity index (χ2n) is 4.32. The van der Waals surface area contributed by atoms with Crippen LogP contribution in [0.15, 0.2) is 18.2 Å². The quantitative estimate of drug-likeness (QED) is 0.588. The van der Waals surface area contributed by atoms with Crippen molar-refractivity contribution in [3.05, 3.63) is 28.3 Å². The van der Waals surface area contributed by atoms with E-state index in [2.05, 4.69) is 10.6 Å². The summed E-state index contributed by atoms with van der Waals surface area (Å²) in [4.78, 5) is 23.7. The monoisotopic (exact) mass is 280 g/mol. The van der Waals surface area contributed by atoms with E-state index in [-0.39, 0.29) is 18.1 Å². The number of nitrogens with zero attached hydrogens (tertiary/aromatic N) is 2. The van der Waals surface area contributed by atoms with Crippen molar-refractivity contribution < 1.29 is 9.72 Å². The van der Waals surface area contributed by atoms with Crippen molar-refractivity contribution in [2.45, 2.75) is 13.8 Å². The molecule has 20 heavy (non-hydrogen) atoms. The zero-order valence-electron chi connectivity index (χ0n) is 12.0. The summed E-state index contributed by atoms with van der Waals surface area (Å²) in [5, 5.41) is 16.8. The van der Waals surface area contributed by atoms with Gasteiger partial charge >= 0.3 is 0 Å². The third-order valence-electron chi connectivity index (χ3n) is 2.85. The molecule has 0 saturated carbocycles. The fraction of sp³-hybridized carbons (Fsp3) is 0.462. The molecular formula is C13H20N4O3. The summed E-state index contributed by atoms with van der Waals surface area (Å²) < 4.78 is 0. The number of non-ortho nitro benzene ring substituents is 1. The second-order valence-corrected chi connectivity index (χ2v) is 4.32. The summed E-state index contributed by atoms with van der Waals surface area (Å²) in [5.74, 6) is -0.0657. The summed E-state index contributed by atoms with van der Waals surface area (Å²) in [7, 11) is 1.71. The van der Waals surface area contributed by atoms with Crippen molar-refractivity contribution in [2.75, 3.05) is 37.3 Å². The van der Waals surface area contributed by atoms with Gasteiger partial charge in [-0.25, -0.2) is 0 Å². The lowest BCUT2D eigenvalue weighted by atomic mass is 10.2. The van der Waals surface area contributed by atoms with E-state index in [1.807, 2.05) is 13.8 Å². The van der Waals surface area contributed by atoms with Crippen LogP contribution in [0.25, 0.3) is 0 Å². The highest BCUT2D eigenvalue weighted by molar-refractivity contribution is 5.81. The Morgan fingerprint density at radius 1 is 1.25 bits per heavy atom. The van der Waals surface area contributed by atoms with Crippen LogP contribution in [-0.4, -0.2) is 42.4 Å². The Hall–Kier alpha value is -2.31. The fourth-order valence-corrected chi connectivity index (χ4v) is 1.61. The number of carbonyl (C=O) groups excluding carboxylic acids is 1. The van der Waals surface area contributed by atoms with E-state index in [0.717, 1.165) is 0 Å². The maximum absolute atomic E-state index is 11.7. The highest BCUT2D eigenvalue weighted by atomic mass is 16.6. The lowest BCUT2D eigenvalue weighted by molar-refractivity contribution is -0.384. The lowest BCUT2D eigenvalue weighted by Crippen LogP contribution is -2.31. The van der Waals surface area contributed by atoms with Crippen LogP contribution in [0.4, 0.5) is 17.1 Å². The van der Waals surface area contributed by atoms with Crippen LogP contribution in [0, 0.1) is 10.1 Å². The minimum absolute atomic E-state index is 0.0118. The number of anilines is 2. The molecule has 0 heterocycles. The van der Waals surface area contributed by atoms with Gasteiger partial charge < -0.3 is 15.5 Å². The molecule has 1 aromatic rings. The molecule has 0 saturated heterocycles. The summed E-state index contributed by atoms with van der Waals surface area (Å²) >= 11 is 0. The SMILES string of the molecule is CCNc1cc(NCC(=O)N(C)CC)cc([N+](=O)[O-])c1. The predicted octanol–water partition coefficient (Wildman–Crippen LogP) is 1.92. The summed E-state index contributed by atoms with van der Waals surface area (Å²) in [6.45, 7) is 5.19. The van der Waals surface area contributed by atoms with Gasteiger partial charge in [-0.05, 0) is 19.9 Å². The highest BCUT2D eigenvalue weighted by Gasteiger charge is 2.11. The molecule has 0 spiro atoms. The standard InChI is InChI=1S/C13H20N4O3/c1-4-14-10-6-11(8-12(7-10)17(19)20)15-9-13(18)16(3)5-2/h6-8,14-15H,4-5,9H2,1-3H3. The van der Waals surface area contributed by atoms with Crippen LogP contribution >= 0.6 is 0 Å². The summed E-state index contributed by atoms with van der Waals surface area (Å²) in [5.41, 5.74) is 1.19. The molecule has 0 aliphatic heterocycles. The topological polar surface area (TPSA) is 87.5 Å². The lowest BCUT2D eigenvalue weighted by Gasteiger charge is -2.15. The number of nitro groups is 1. The van der Waals surface area contributed by atoms with Crippen LogP contribution in [0.3, 0.4) is 0 Å². The molecule has 110 valence electrons. The molecule has 1 amide bonds. The molecule has 7 heteroatoms. The van der Waals surface area contributed by atoms with Crippen molar-refractivity contribution >= 4 is 23.0 Å². The minimum Gasteiger partial charge on any atom is -0.385 e. The highest BCUT2D eigenvalue weighted by Crippen LogP contribution is 2.24. The molecule has 2 N–H and O–H groups in total. The van der Waals surface area contributed by atoms with Crippen LogP contribution in [0.5, 0.6) is 0 Å². The third-order valence-corrected chi connectivity index (χ3v) is 2.85. The van der Waals surface area contributed by atoms with Crippen molar-refractivity contribution in [2.24, 2.45) is 0 Å².